The van der Waals surface area contributed by atoms with Crippen LogP contribution >= 0.6 is 0 Å². The van der Waals surface area contributed by atoms with Crippen LogP contribution in [-0.4, -0.2) is 37.5 Å². The second-order valence-electron chi connectivity index (χ2n) is 7.98. The van der Waals surface area contributed by atoms with Gasteiger partial charge in [0.25, 0.3) is 0 Å². The smallest absolute Gasteiger partial charge is 0.336 e. The summed E-state index contributed by atoms with van der Waals surface area (Å²) < 4.78 is 30.5. The van der Waals surface area contributed by atoms with Crippen molar-refractivity contribution in [1.82, 2.24) is 0 Å². The van der Waals surface area contributed by atoms with Gasteiger partial charge in [0, 0.05) is 24.3 Å². The lowest BCUT2D eigenvalue weighted by atomic mass is 10.2. The highest BCUT2D eigenvalue weighted by Crippen LogP contribution is 2.19. The van der Waals surface area contributed by atoms with Crippen molar-refractivity contribution in [3.8, 4) is 23.0 Å². The summed E-state index contributed by atoms with van der Waals surface area (Å²) in [7, 11) is 0. The van der Waals surface area contributed by atoms with Gasteiger partial charge >= 0.3 is 23.9 Å². The van der Waals surface area contributed by atoms with E-state index in [2.05, 4.69) is 13.2 Å². The zero-order chi connectivity index (χ0) is 30.2. The van der Waals surface area contributed by atoms with Gasteiger partial charge in [0.1, 0.15) is 23.0 Å². The Morgan fingerprint density at radius 3 is 1.17 bits per heavy atom. The lowest BCUT2D eigenvalue weighted by Gasteiger charge is -2.06. The molecule has 214 valence electrons. The van der Waals surface area contributed by atoms with E-state index in [1.54, 1.807) is 60.7 Å². The molecule has 0 bridgehead atoms. The van der Waals surface area contributed by atoms with E-state index in [0.29, 0.717) is 22.6 Å². The van der Waals surface area contributed by atoms with E-state index in [1.807, 2.05) is 0 Å². The number of carbonyl (C=O) groups excluding carboxylic acids is 4. The molecule has 0 saturated carbocycles. The van der Waals surface area contributed by atoms with Crippen LogP contribution in [0.2, 0.25) is 0 Å². The Balaban J connectivity index is 1.41. The van der Waals surface area contributed by atoms with Crippen molar-refractivity contribution >= 4 is 36.0 Å². The Kier molecular flexibility index (Phi) is 11.9. The third-order valence-corrected chi connectivity index (χ3v) is 5.03. The van der Waals surface area contributed by atoms with Gasteiger partial charge in [-0.05, 0) is 71.8 Å². The monoisotopic (exact) mass is 570 g/mol. The Morgan fingerprint density at radius 1 is 0.500 bits per heavy atom. The Morgan fingerprint density at radius 2 is 0.833 bits per heavy atom. The Hall–Kier alpha value is -5.90. The second-order valence-corrected chi connectivity index (χ2v) is 7.98. The van der Waals surface area contributed by atoms with Gasteiger partial charge < -0.3 is 28.4 Å². The summed E-state index contributed by atoms with van der Waals surface area (Å²) >= 11 is 0. The van der Waals surface area contributed by atoms with E-state index in [0.717, 1.165) is 12.2 Å². The van der Waals surface area contributed by atoms with Crippen LogP contribution < -0.4 is 18.9 Å². The lowest BCUT2D eigenvalue weighted by molar-refractivity contribution is -0.145. The number of benzene rings is 3. The molecule has 0 saturated heterocycles. The molecule has 0 fully saturated rings. The molecule has 0 aliphatic rings. The van der Waals surface area contributed by atoms with Crippen LogP contribution in [0, 0.1) is 0 Å². The van der Waals surface area contributed by atoms with E-state index < -0.39 is 23.9 Å². The lowest BCUT2D eigenvalue weighted by Crippen LogP contribution is -2.07. The third-order valence-electron chi connectivity index (χ3n) is 5.03. The van der Waals surface area contributed by atoms with Gasteiger partial charge in [0.05, 0.1) is 0 Å². The number of ether oxygens (including phenoxy) is 6. The maximum Gasteiger partial charge on any atom is 0.336 e. The molecule has 0 radical (unpaired) electrons. The SMILES string of the molecule is C=CC(=O)OCOc1ccc(/C=C/C(=O)Oc2ccc(OC(=O)/C=C/c3ccc(OCOC(=O)C=C)cc3)cc2)cc1. The van der Waals surface area contributed by atoms with Crippen LogP contribution in [0.1, 0.15) is 11.1 Å². The molecule has 42 heavy (non-hydrogen) atoms. The van der Waals surface area contributed by atoms with Crippen molar-refractivity contribution in [1.29, 1.82) is 0 Å². The molecule has 0 amide bonds. The minimum Gasteiger partial charge on any atom is -0.457 e. The quantitative estimate of drug-likeness (QED) is 0.112. The molecular formula is C32H26O10. The fourth-order valence-electron chi connectivity index (χ4n) is 2.98. The predicted octanol–water partition coefficient (Wildman–Crippen LogP) is 5.06. The van der Waals surface area contributed by atoms with E-state index >= 15 is 0 Å². The fraction of sp³-hybridized carbons (Fsp3) is 0.0625. The Bertz CT molecular complexity index is 1340. The highest BCUT2D eigenvalue weighted by Gasteiger charge is 2.05. The molecule has 0 atom stereocenters. The molecule has 3 aromatic rings. The van der Waals surface area contributed by atoms with Crippen molar-refractivity contribution in [2.75, 3.05) is 13.6 Å². The van der Waals surface area contributed by atoms with Crippen molar-refractivity contribution < 1.29 is 47.6 Å². The topological polar surface area (TPSA) is 124 Å². The highest BCUT2D eigenvalue weighted by atomic mass is 16.7. The van der Waals surface area contributed by atoms with Crippen LogP contribution in [0.25, 0.3) is 12.2 Å². The highest BCUT2D eigenvalue weighted by molar-refractivity contribution is 5.89. The van der Waals surface area contributed by atoms with Crippen molar-refractivity contribution in [2.24, 2.45) is 0 Å². The van der Waals surface area contributed by atoms with Crippen molar-refractivity contribution in [3.63, 3.8) is 0 Å². The summed E-state index contributed by atoms with van der Waals surface area (Å²) in [6.07, 6.45) is 7.72. The number of rotatable bonds is 14. The first-order valence-corrected chi connectivity index (χ1v) is 12.3. The fourth-order valence-corrected chi connectivity index (χ4v) is 2.98. The first kappa shape index (κ1) is 30.6. The molecule has 0 aromatic heterocycles. The van der Waals surface area contributed by atoms with E-state index in [9.17, 15) is 19.2 Å². The van der Waals surface area contributed by atoms with E-state index in [1.165, 1.54) is 36.4 Å². The Labute approximate surface area is 241 Å². The van der Waals surface area contributed by atoms with Crippen LogP contribution in [0.3, 0.4) is 0 Å². The average Bonchev–Trinajstić information content (AvgIpc) is 3.01. The number of esters is 4. The summed E-state index contributed by atoms with van der Waals surface area (Å²) in [5, 5.41) is 0. The van der Waals surface area contributed by atoms with Crippen LogP contribution in [0.15, 0.2) is 110 Å². The molecule has 0 N–H and O–H groups in total. The molecule has 0 aliphatic carbocycles. The second kappa shape index (κ2) is 16.3. The summed E-state index contributed by atoms with van der Waals surface area (Å²) in [5.41, 5.74) is 1.43. The molecule has 3 rings (SSSR count). The number of hydrogen-bond acceptors (Lipinski definition) is 10. The minimum atomic E-state index is -0.603. The van der Waals surface area contributed by atoms with Gasteiger partial charge in [-0.2, -0.15) is 0 Å². The van der Waals surface area contributed by atoms with Crippen LogP contribution in [0.5, 0.6) is 23.0 Å². The number of hydrogen-bond donors (Lipinski definition) is 0. The standard InChI is InChI=1S/C32H26O10/c1-3-29(33)39-21-37-25-11-5-23(6-12-25)9-19-31(35)41-27-15-17-28(18-16-27)42-32(36)20-10-24-7-13-26(14-8-24)38-22-40-30(34)4-2/h3-20H,1-2,21-22H2/b19-9+,20-10+. The van der Waals surface area contributed by atoms with Crippen molar-refractivity contribution in [3.05, 3.63) is 121 Å². The molecule has 10 heteroatoms. The van der Waals surface area contributed by atoms with Gasteiger partial charge in [0.2, 0.25) is 13.6 Å². The van der Waals surface area contributed by atoms with Gasteiger partial charge in [-0.15, -0.1) is 0 Å². The van der Waals surface area contributed by atoms with Crippen molar-refractivity contribution in [2.45, 2.75) is 0 Å². The van der Waals surface area contributed by atoms with Crippen LogP contribution in [0.4, 0.5) is 0 Å². The molecule has 3 aromatic carbocycles. The van der Waals surface area contributed by atoms with Gasteiger partial charge in [-0.3, -0.25) is 0 Å². The summed E-state index contributed by atoms with van der Waals surface area (Å²) in [5.74, 6) is -0.893. The predicted molar refractivity (Wildman–Crippen MR) is 152 cm³/mol. The zero-order valence-corrected chi connectivity index (χ0v) is 22.3. The van der Waals surface area contributed by atoms with Gasteiger partial charge in [-0.1, -0.05) is 37.4 Å². The maximum atomic E-state index is 12.2. The third kappa shape index (κ3) is 11.1. The first-order chi connectivity index (χ1) is 20.3. The summed E-state index contributed by atoms with van der Waals surface area (Å²) in [6.45, 7) is 6.10. The van der Waals surface area contributed by atoms with Gasteiger partial charge in [0.15, 0.2) is 0 Å². The van der Waals surface area contributed by atoms with E-state index in [4.69, 9.17) is 28.4 Å². The maximum absolute atomic E-state index is 12.2. The summed E-state index contributed by atoms with van der Waals surface area (Å²) in [6, 6.07) is 19.4. The zero-order valence-electron chi connectivity index (χ0n) is 22.3. The van der Waals surface area contributed by atoms with Crippen LogP contribution in [-0.2, 0) is 28.7 Å². The molecule has 0 aliphatic heterocycles. The minimum absolute atomic E-state index is 0.244. The average molecular weight is 571 g/mol. The summed E-state index contributed by atoms with van der Waals surface area (Å²) in [4.78, 5) is 46.3. The van der Waals surface area contributed by atoms with E-state index in [-0.39, 0.29) is 25.1 Å². The molecular weight excluding hydrogens is 544 g/mol. The molecule has 10 nitrogen and oxygen atoms in total. The first-order valence-electron chi connectivity index (χ1n) is 12.3. The molecule has 0 spiro atoms. The normalized spacial score (nSPS) is 10.5. The van der Waals surface area contributed by atoms with Gasteiger partial charge in [-0.25, -0.2) is 19.2 Å². The molecule has 0 unspecified atom stereocenters. The molecule has 0 heterocycles. The number of carbonyl (C=O) groups is 4. The largest absolute Gasteiger partial charge is 0.457 e.